The number of ether oxygens (including phenoxy) is 2. The van der Waals surface area contributed by atoms with Crippen molar-refractivity contribution in [1.29, 1.82) is 0 Å². The fourth-order valence-corrected chi connectivity index (χ4v) is 4.19. The van der Waals surface area contributed by atoms with Crippen molar-refractivity contribution in [3.8, 4) is 11.5 Å². The summed E-state index contributed by atoms with van der Waals surface area (Å²) in [6.45, 7) is 0. The van der Waals surface area contributed by atoms with Crippen LogP contribution in [0.3, 0.4) is 0 Å². The highest BCUT2D eigenvalue weighted by Crippen LogP contribution is 2.29. The molecule has 29 heavy (non-hydrogen) atoms. The molecule has 0 aliphatic heterocycles. The zero-order chi connectivity index (χ0) is 20.9. The number of carbonyl (C=O) groups excluding carboxylic acids is 1. The molecular weight excluding hydrogens is 390 g/mol. The van der Waals surface area contributed by atoms with E-state index in [1.54, 1.807) is 79.9 Å². The molecule has 1 amide bonds. The molecule has 3 rings (SSSR count). The summed E-state index contributed by atoms with van der Waals surface area (Å²) in [7, 11) is -0.455. The molecular formula is C22H21NO5S. The maximum Gasteiger partial charge on any atom is 0.255 e. The molecule has 0 atom stereocenters. The number of amides is 1. The van der Waals surface area contributed by atoms with Gasteiger partial charge in [-0.05, 0) is 42.0 Å². The summed E-state index contributed by atoms with van der Waals surface area (Å²) in [4.78, 5) is 12.9. The van der Waals surface area contributed by atoms with E-state index in [1.165, 1.54) is 7.11 Å². The van der Waals surface area contributed by atoms with Crippen LogP contribution < -0.4 is 14.8 Å². The Hall–Kier alpha value is -3.32. The summed E-state index contributed by atoms with van der Waals surface area (Å²) in [5, 5.41) is 2.78. The summed E-state index contributed by atoms with van der Waals surface area (Å²) in [5.74, 6) is 0.505. The maximum absolute atomic E-state index is 12.7. The van der Waals surface area contributed by atoms with Gasteiger partial charge >= 0.3 is 0 Å². The average molecular weight is 411 g/mol. The van der Waals surface area contributed by atoms with Crippen molar-refractivity contribution < 1.29 is 22.7 Å². The quantitative estimate of drug-likeness (QED) is 0.637. The smallest absolute Gasteiger partial charge is 0.255 e. The Labute approximate surface area is 170 Å². The summed E-state index contributed by atoms with van der Waals surface area (Å²) in [6.07, 6.45) is 0. The van der Waals surface area contributed by atoms with E-state index in [0.29, 0.717) is 28.3 Å². The molecule has 0 radical (unpaired) electrons. The van der Waals surface area contributed by atoms with Crippen LogP contribution in [-0.4, -0.2) is 28.5 Å². The van der Waals surface area contributed by atoms with Gasteiger partial charge in [0.25, 0.3) is 5.91 Å². The van der Waals surface area contributed by atoms with Gasteiger partial charge in [-0.25, -0.2) is 8.42 Å². The van der Waals surface area contributed by atoms with Gasteiger partial charge in [0.05, 0.1) is 30.6 Å². The number of anilines is 1. The Balaban J connectivity index is 1.80. The van der Waals surface area contributed by atoms with Gasteiger partial charge < -0.3 is 14.8 Å². The minimum Gasteiger partial charge on any atom is -0.497 e. The van der Waals surface area contributed by atoms with Crippen molar-refractivity contribution in [2.75, 3.05) is 19.5 Å². The van der Waals surface area contributed by atoms with Gasteiger partial charge in [-0.3, -0.25) is 4.79 Å². The standard InChI is InChI=1S/C22H21NO5S/c1-27-18-11-12-20(21(14-18)28-2)23-22(24)17-8-6-7-16(13-17)15-29(25,26)19-9-4-3-5-10-19/h3-14H,15H2,1-2H3,(H,23,24). The molecule has 150 valence electrons. The summed E-state index contributed by atoms with van der Waals surface area (Å²) in [6, 6.07) is 19.8. The second-order valence-corrected chi connectivity index (χ2v) is 8.28. The average Bonchev–Trinajstić information content (AvgIpc) is 2.74. The summed E-state index contributed by atoms with van der Waals surface area (Å²) in [5.41, 5.74) is 1.37. The molecule has 0 saturated heterocycles. The maximum atomic E-state index is 12.7. The number of carbonyl (C=O) groups is 1. The number of rotatable bonds is 7. The molecule has 0 spiro atoms. The molecule has 0 fully saturated rings. The number of hydrogen-bond acceptors (Lipinski definition) is 5. The lowest BCUT2D eigenvalue weighted by atomic mass is 10.1. The van der Waals surface area contributed by atoms with Gasteiger partial charge in [-0.2, -0.15) is 0 Å². The second-order valence-electron chi connectivity index (χ2n) is 6.29. The third kappa shape index (κ3) is 4.94. The van der Waals surface area contributed by atoms with Crippen molar-refractivity contribution >= 4 is 21.4 Å². The van der Waals surface area contributed by atoms with Crippen molar-refractivity contribution in [2.45, 2.75) is 10.6 Å². The molecule has 0 bridgehead atoms. The number of benzene rings is 3. The Morgan fingerprint density at radius 2 is 1.66 bits per heavy atom. The van der Waals surface area contributed by atoms with E-state index < -0.39 is 9.84 Å². The van der Waals surface area contributed by atoms with Crippen molar-refractivity contribution in [3.63, 3.8) is 0 Å². The zero-order valence-corrected chi connectivity index (χ0v) is 16.9. The molecule has 3 aromatic rings. The fraction of sp³-hybridized carbons (Fsp3) is 0.136. The Morgan fingerprint density at radius 1 is 0.897 bits per heavy atom. The molecule has 0 aliphatic carbocycles. The van der Waals surface area contributed by atoms with Crippen LogP contribution >= 0.6 is 0 Å². The highest BCUT2D eigenvalue weighted by Gasteiger charge is 2.17. The molecule has 3 aromatic carbocycles. The van der Waals surface area contributed by atoms with Crippen LogP contribution in [0.5, 0.6) is 11.5 Å². The summed E-state index contributed by atoms with van der Waals surface area (Å²) >= 11 is 0. The normalized spacial score (nSPS) is 11.0. The minimum absolute atomic E-state index is 0.190. The second kappa shape index (κ2) is 8.79. The van der Waals surface area contributed by atoms with Gasteiger partial charge in [-0.15, -0.1) is 0 Å². The predicted molar refractivity (Wildman–Crippen MR) is 111 cm³/mol. The molecule has 0 saturated carbocycles. The van der Waals surface area contributed by atoms with Gasteiger partial charge in [-0.1, -0.05) is 30.3 Å². The lowest BCUT2D eigenvalue weighted by Crippen LogP contribution is -2.13. The van der Waals surface area contributed by atoms with Gasteiger partial charge in [0.1, 0.15) is 11.5 Å². The lowest BCUT2D eigenvalue weighted by Gasteiger charge is -2.12. The number of methoxy groups -OCH3 is 2. The molecule has 0 unspecified atom stereocenters. The molecule has 0 heterocycles. The minimum atomic E-state index is -3.50. The van der Waals surface area contributed by atoms with Crippen LogP contribution in [0.15, 0.2) is 77.7 Å². The number of nitrogens with one attached hydrogen (secondary N) is 1. The van der Waals surface area contributed by atoms with Crippen molar-refractivity contribution in [3.05, 3.63) is 83.9 Å². The number of sulfone groups is 1. The first-order valence-corrected chi connectivity index (χ1v) is 10.5. The van der Waals surface area contributed by atoms with E-state index in [1.807, 2.05) is 0 Å². The van der Waals surface area contributed by atoms with E-state index in [-0.39, 0.29) is 16.6 Å². The van der Waals surface area contributed by atoms with E-state index in [4.69, 9.17) is 9.47 Å². The monoisotopic (exact) mass is 411 g/mol. The largest absolute Gasteiger partial charge is 0.497 e. The zero-order valence-electron chi connectivity index (χ0n) is 16.1. The molecule has 1 N–H and O–H groups in total. The first-order chi connectivity index (χ1) is 13.9. The van der Waals surface area contributed by atoms with Gasteiger partial charge in [0.2, 0.25) is 0 Å². The highest BCUT2D eigenvalue weighted by atomic mass is 32.2. The summed E-state index contributed by atoms with van der Waals surface area (Å²) < 4.78 is 35.6. The third-order valence-corrected chi connectivity index (χ3v) is 6.01. The Bertz CT molecular complexity index is 1110. The highest BCUT2D eigenvalue weighted by molar-refractivity contribution is 7.90. The van der Waals surface area contributed by atoms with E-state index in [2.05, 4.69) is 5.32 Å². The van der Waals surface area contributed by atoms with Crippen LogP contribution in [0, 0.1) is 0 Å². The first-order valence-electron chi connectivity index (χ1n) is 8.83. The van der Waals surface area contributed by atoms with Crippen LogP contribution in [0.25, 0.3) is 0 Å². The van der Waals surface area contributed by atoms with Crippen LogP contribution in [-0.2, 0) is 15.6 Å². The van der Waals surface area contributed by atoms with Crippen LogP contribution in [0.1, 0.15) is 15.9 Å². The molecule has 6 nitrogen and oxygen atoms in total. The van der Waals surface area contributed by atoms with Gasteiger partial charge in [0, 0.05) is 11.6 Å². The van der Waals surface area contributed by atoms with Crippen LogP contribution in [0.2, 0.25) is 0 Å². The molecule has 7 heteroatoms. The van der Waals surface area contributed by atoms with E-state index in [0.717, 1.165) is 0 Å². The van der Waals surface area contributed by atoms with Crippen molar-refractivity contribution in [2.24, 2.45) is 0 Å². The lowest BCUT2D eigenvalue weighted by molar-refractivity contribution is 0.102. The SMILES string of the molecule is COc1ccc(NC(=O)c2cccc(CS(=O)(=O)c3ccccc3)c2)c(OC)c1. The Morgan fingerprint density at radius 3 is 2.34 bits per heavy atom. The van der Waals surface area contributed by atoms with Crippen LogP contribution in [0.4, 0.5) is 5.69 Å². The first kappa shape index (κ1) is 20.4. The van der Waals surface area contributed by atoms with Gasteiger partial charge in [0.15, 0.2) is 9.84 Å². The number of hydrogen-bond donors (Lipinski definition) is 1. The van der Waals surface area contributed by atoms with E-state index >= 15 is 0 Å². The van der Waals surface area contributed by atoms with E-state index in [9.17, 15) is 13.2 Å². The third-order valence-electron chi connectivity index (χ3n) is 4.31. The molecule has 0 aromatic heterocycles. The molecule has 0 aliphatic rings. The Kier molecular flexibility index (Phi) is 6.19. The topological polar surface area (TPSA) is 81.7 Å². The predicted octanol–water partition coefficient (Wildman–Crippen LogP) is 3.93. The van der Waals surface area contributed by atoms with Crippen molar-refractivity contribution in [1.82, 2.24) is 0 Å². The fourth-order valence-electron chi connectivity index (χ4n) is 2.83.